The number of amides is 1. The van der Waals surface area contributed by atoms with E-state index in [4.69, 9.17) is 0 Å². The zero-order valence-corrected chi connectivity index (χ0v) is 12.4. The number of hydrogen-bond donors (Lipinski definition) is 1. The normalized spacial score (nSPS) is 16.6. The molecule has 106 valence electrons. The molecule has 1 aromatic heterocycles. The fraction of sp³-hybridized carbons (Fsp3) is 0.133. The van der Waals surface area contributed by atoms with Crippen LogP contribution in [0.25, 0.3) is 0 Å². The van der Waals surface area contributed by atoms with E-state index in [0.29, 0.717) is 21.4 Å². The maximum absolute atomic E-state index is 12.6. The Morgan fingerprint density at radius 2 is 2.05 bits per heavy atom. The van der Waals surface area contributed by atoms with Gasteiger partial charge in [-0.05, 0) is 39.7 Å². The zero-order valence-electron chi connectivity index (χ0n) is 10.9. The number of rotatable bonds is 2. The molecule has 0 bridgehead atoms. The van der Waals surface area contributed by atoms with Gasteiger partial charge in [0.2, 0.25) is 0 Å². The SMILES string of the molecule is O=C(O)C1CN(C(=O)c2ccnc(Br)c2)c2ccccc21. The van der Waals surface area contributed by atoms with Crippen LogP contribution >= 0.6 is 15.9 Å². The average molecular weight is 347 g/mol. The Bertz CT molecular complexity index is 732. The van der Waals surface area contributed by atoms with E-state index in [1.54, 1.807) is 36.4 Å². The van der Waals surface area contributed by atoms with Crippen LogP contribution in [0.3, 0.4) is 0 Å². The van der Waals surface area contributed by atoms with E-state index in [0.717, 1.165) is 0 Å². The predicted molar refractivity (Wildman–Crippen MR) is 80.4 cm³/mol. The van der Waals surface area contributed by atoms with E-state index in [1.807, 2.05) is 0 Å². The Kier molecular flexibility index (Phi) is 3.47. The second kappa shape index (κ2) is 5.29. The van der Waals surface area contributed by atoms with E-state index in [1.165, 1.54) is 11.1 Å². The Morgan fingerprint density at radius 3 is 2.76 bits per heavy atom. The molecule has 1 aliphatic rings. The lowest BCUT2D eigenvalue weighted by molar-refractivity contribution is -0.138. The van der Waals surface area contributed by atoms with Crippen LogP contribution in [0.5, 0.6) is 0 Å². The second-order valence-electron chi connectivity index (χ2n) is 4.73. The Morgan fingerprint density at radius 1 is 1.29 bits per heavy atom. The molecule has 0 saturated carbocycles. The Hall–Kier alpha value is -2.21. The third-order valence-corrected chi connectivity index (χ3v) is 3.92. The first-order valence-corrected chi connectivity index (χ1v) is 7.12. The number of carbonyl (C=O) groups excluding carboxylic acids is 1. The summed E-state index contributed by atoms with van der Waals surface area (Å²) in [6, 6.07) is 10.3. The van der Waals surface area contributed by atoms with Crippen LogP contribution in [-0.4, -0.2) is 28.5 Å². The van der Waals surface area contributed by atoms with Crippen LogP contribution in [0.15, 0.2) is 47.2 Å². The second-order valence-corrected chi connectivity index (χ2v) is 5.55. The molecule has 0 aliphatic carbocycles. The molecule has 0 spiro atoms. The van der Waals surface area contributed by atoms with Crippen molar-refractivity contribution in [2.24, 2.45) is 0 Å². The molecule has 5 nitrogen and oxygen atoms in total. The number of para-hydroxylation sites is 1. The van der Waals surface area contributed by atoms with Gasteiger partial charge in [0.1, 0.15) is 10.5 Å². The predicted octanol–water partition coefficient (Wildman–Crippen LogP) is 2.67. The Labute approximate surface area is 129 Å². The number of hydrogen-bond acceptors (Lipinski definition) is 3. The van der Waals surface area contributed by atoms with E-state index >= 15 is 0 Å². The van der Waals surface area contributed by atoms with Gasteiger partial charge in [-0.15, -0.1) is 0 Å². The maximum Gasteiger partial charge on any atom is 0.312 e. The van der Waals surface area contributed by atoms with Gasteiger partial charge in [0.05, 0.1) is 0 Å². The van der Waals surface area contributed by atoms with Crippen LogP contribution in [-0.2, 0) is 4.79 Å². The van der Waals surface area contributed by atoms with E-state index in [2.05, 4.69) is 20.9 Å². The number of pyridine rings is 1. The first-order valence-electron chi connectivity index (χ1n) is 6.33. The number of benzene rings is 1. The summed E-state index contributed by atoms with van der Waals surface area (Å²) in [7, 11) is 0. The van der Waals surface area contributed by atoms with Crippen molar-refractivity contribution < 1.29 is 14.7 Å². The molecule has 0 fully saturated rings. The summed E-state index contributed by atoms with van der Waals surface area (Å²) in [6.07, 6.45) is 1.54. The number of aromatic nitrogens is 1. The van der Waals surface area contributed by atoms with Gasteiger partial charge in [0, 0.05) is 24.0 Å². The summed E-state index contributed by atoms with van der Waals surface area (Å²) in [5.74, 6) is -1.83. The smallest absolute Gasteiger partial charge is 0.312 e. The minimum Gasteiger partial charge on any atom is -0.481 e. The molecule has 21 heavy (non-hydrogen) atoms. The summed E-state index contributed by atoms with van der Waals surface area (Å²) < 4.78 is 0.565. The number of aliphatic carboxylic acids is 1. The van der Waals surface area contributed by atoms with Gasteiger partial charge in [0.15, 0.2) is 0 Å². The number of anilines is 1. The summed E-state index contributed by atoms with van der Waals surface area (Å²) in [5, 5.41) is 9.32. The van der Waals surface area contributed by atoms with Crippen LogP contribution in [0.4, 0.5) is 5.69 Å². The number of nitrogens with zero attached hydrogens (tertiary/aromatic N) is 2. The highest BCUT2D eigenvalue weighted by molar-refractivity contribution is 9.10. The molecular formula is C15H11BrN2O3. The molecule has 1 unspecified atom stereocenters. The minimum absolute atomic E-state index is 0.146. The lowest BCUT2D eigenvalue weighted by Gasteiger charge is -2.17. The first kappa shape index (κ1) is 13.8. The van der Waals surface area contributed by atoms with Crippen molar-refractivity contribution in [3.8, 4) is 0 Å². The monoisotopic (exact) mass is 346 g/mol. The number of carboxylic acid groups (broad SMARTS) is 1. The van der Waals surface area contributed by atoms with E-state index in [-0.39, 0.29) is 12.5 Å². The van der Waals surface area contributed by atoms with Gasteiger partial charge >= 0.3 is 5.97 Å². The van der Waals surface area contributed by atoms with Crippen molar-refractivity contribution in [2.75, 3.05) is 11.4 Å². The quantitative estimate of drug-likeness (QED) is 0.848. The van der Waals surface area contributed by atoms with Crippen molar-refractivity contribution in [2.45, 2.75) is 5.92 Å². The molecule has 0 saturated heterocycles. The van der Waals surface area contributed by atoms with Crippen molar-refractivity contribution in [3.63, 3.8) is 0 Å². The molecule has 1 aliphatic heterocycles. The van der Waals surface area contributed by atoms with Crippen molar-refractivity contribution in [1.29, 1.82) is 0 Å². The van der Waals surface area contributed by atoms with Gasteiger partial charge in [0.25, 0.3) is 5.91 Å². The van der Waals surface area contributed by atoms with Crippen molar-refractivity contribution in [1.82, 2.24) is 4.98 Å². The third-order valence-electron chi connectivity index (χ3n) is 3.48. The summed E-state index contributed by atoms with van der Waals surface area (Å²) in [5.41, 5.74) is 1.80. The van der Waals surface area contributed by atoms with Gasteiger partial charge < -0.3 is 10.0 Å². The van der Waals surface area contributed by atoms with Crippen LogP contribution in [0.1, 0.15) is 21.8 Å². The highest BCUT2D eigenvalue weighted by Crippen LogP contribution is 2.37. The highest BCUT2D eigenvalue weighted by Gasteiger charge is 2.36. The zero-order chi connectivity index (χ0) is 15.0. The highest BCUT2D eigenvalue weighted by atomic mass is 79.9. The van der Waals surface area contributed by atoms with Crippen LogP contribution in [0, 0.1) is 0 Å². The number of carboxylic acids is 1. The van der Waals surface area contributed by atoms with Gasteiger partial charge in [-0.2, -0.15) is 0 Å². The van der Waals surface area contributed by atoms with Crippen molar-refractivity contribution in [3.05, 3.63) is 58.3 Å². The summed E-state index contributed by atoms with van der Waals surface area (Å²) in [4.78, 5) is 29.5. The fourth-order valence-corrected chi connectivity index (χ4v) is 2.87. The third kappa shape index (κ3) is 2.42. The molecular weight excluding hydrogens is 336 g/mol. The molecule has 1 N–H and O–H groups in total. The van der Waals surface area contributed by atoms with Gasteiger partial charge in [-0.3, -0.25) is 9.59 Å². The largest absolute Gasteiger partial charge is 0.481 e. The molecule has 1 atom stereocenters. The minimum atomic E-state index is -0.923. The lowest BCUT2D eigenvalue weighted by Crippen LogP contribution is -2.31. The van der Waals surface area contributed by atoms with E-state index < -0.39 is 11.9 Å². The molecule has 1 aromatic carbocycles. The van der Waals surface area contributed by atoms with E-state index in [9.17, 15) is 14.7 Å². The number of carbonyl (C=O) groups is 2. The van der Waals surface area contributed by atoms with Gasteiger partial charge in [-0.1, -0.05) is 18.2 Å². The summed E-state index contributed by atoms with van der Waals surface area (Å²) in [6.45, 7) is 0.146. The molecule has 6 heteroatoms. The Balaban J connectivity index is 2.01. The lowest BCUT2D eigenvalue weighted by atomic mass is 10.0. The number of fused-ring (bicyclic) bond motifs is 1. The molecule has 3 rings (SSSR count). The fourth-order valence-electron chi connectivity index (χ4n) is 2.50. The summed E-state index contributed by atoms with van der Waals surface area (Å²) >= 11 is 3.23. The topological polar surface area (TPSA) is 70.5 Å². The molecule has 2 aromatic rings. The molecule has 0 radical (unpaired) electrons. The average Bonchev–Trinajstić information content (AvgIpc) is 2.86. The van der Waals surface area contributed by atoms with Crippen LogP contribution in [0.2, 0.25) is 0 Å². The van der Waals surface area contributed by atoms with Crippen molar-refractivity contribution >= 4 is 33.5 Å². The molecule has 1 amide bonds. The van der Waals surface area contributed by atoms with Crippen LogP contribution < -0.4 is 4.90 Å². The number of halogens is 1. The standard InChI is InChI=1S/C15H11BrN2O3/c16-13-7-9(5-6-17-13)14(19)18-8-11(15(20)21)10-3-1-2-4-12(10)18/h1-7,11H,8H2,(H,20,21). The molecule has 2 heterocycles. The maximum atomic E-state index is 12.6. The first-order chi connectivity index (χ1) is 10.1. The van der Waals surface area contributed by atoms with Gasteiger partial charge in [-0.25, -0.2) is 4.98 Å².